The SMILES string of the molecule is CC(NC(=O)c1c(NC(=O)OC(C)(C)C)nn2cccnc12)c1cc2cccc(Cl)c2c(=O)n1-c1ccccc1. The molecule has 3 heterocycles. The number of amides is 2. The molecule has 0 radical (unpaired) electrons. The summed E-state index contributed by atoms with van der Waals surface area (Å²) in [6, 6.07) is 17.2. The summed E-state index contributed by atoms with van der Waals surface area (Å²) in [7, 11) is 0. The minimum absolute atomic E-state index is 0.0107. The van der Waals surface area contributed by atoms with Gasteiger partial charge in [0.1, 0.15) is 11.2 Å². The molecule has 5 aromatic rings. The zero-order valence-electron chi connectivity index (χ0n) is 22.3. The molecule has 1 unspecified atom stereocenters. The largest absolute Gasteiger partial charge is 0.444 e. The van der Waals surface area contributed by atoms with E-state index in [2.05, 4.69) is 20.7 Å². The average Bonchev–Trinajstić information content (AvgIpc) is 3.25. The van der Waals surface area contributed by atoms with E-state index in [1.807, 2.05) is 24.3 Å². The van der Waals surface area contributed by atoms with Crippen molar-refractivity contribution in [1.29, 1.82) is 0 Å². The topological polar surface area (TPSA) is 120 Å². The van der Waals surface area contributed by atoms with Crippen LogP contribution in [-0.2, 0) is 4.74 Å². The molecule has 10 nitrogen and oxygen atoms in total. The van der Waals surface area contributed by atoms with Crippen molar-refractivity contribution >= 4 is 45.8 Å². The van der Waals surface area contributed by atoms with Crippen molar-refractivity contribution in [3.05, 3.63) is 99.7 Å². The fourth-order valence-electron chi connectivity index (χ4n) is 4.43. The Morgan fingerprint density at radius 3 is 2.52 bits per heavy atom. The van der Waals surface area contributed by atoms with Gasteiger partial charge in [0.05, 0.1) is 16.5 Å². The van der Waals surface area contributed by atoms with Gasteiger partial charge in [0.15, 0.2) is 11.5 Å². The summed E-state index contributed by atoms with van der Waals surface area (Å²) < 4.78 is 8.28. The minimum Gasteiger partial charge on any atom is -0.444 e. The molecule has 2 amide bonds. The summed E-state index contributed by atoms with van der Waals surface area (Å²) in [5.41, 5.74) is 0.384. The predicted octanol–water partition coefficient (Wildman–Crippen LogP) is 5.52. The molecule has 2 aromatic carbocycles. The van der Waals surface area contributed by atoms with Crippen molar-refractivity contribution in [2.45, 2.75) is 39.3 Å². The first-order valence-electron chi connectivity index (χ1n) is 12.6. The van der Waals surface area contributed by atoms with Crippen LogP contribution in [0.2, 0.25) is 5.02 Å². The Labute approximate surface area is 234 Å². The number of benzene rings is 2. The summed E-state index contributed by atoms with van der Waals surface area (Å²) >= 11 is 6.42. The lowest BCUT2D eigenvalue weighted by Gasteiger charge is -2.21. The number of halogens is 1. The second kappa shape index (κ2) is 10.5. The molecule has 0 saturated heterocycles. The van der Waals surface area contributed by atoms with E-state index in [1.54, 1.807) is 70.3 Å². The van der Waals surface area contributed by atoms with Gasteiger partial charge in [-0.2, -0.15) is 0 Å². The molecule has 0 aliphatic heterocycles. The number of carbonyl (C=O) groups excluding carboxylic acids is 2. The van der Waals surface area contributed by atoms with Gasteiger partial charge in [-0.05, 0) is 63.4 Å². The highest BCUT2D eigenvalue weighted by Crippen LogP contribution is 2.27. The van der Waals surface area contributed by atoms with Crippen LogP contribution in [0.5, 0.6) is 0 Å². The summed E-state index contributed by atoms with van der Waals surface area (Å²) in [6.45, 7) is 6.96. The van der Waals surface area contributed by atoms with Crippen LogP contribution in [0.3, 0.4) is 0 Å². The number of ether oxygens (including phenoxy) is 1. The minimum atomic E-state index is -0.762. The molecule has 0 aliphatic carbocycles. The van der Waals surface area contributed by atoms with E-state index >= 15 is 0 Å². The number of hydrogen-bond donors (Lipinski definition) is 2. The summed E-state index contributed by atoms with van der Waals surface area (Å²) in [5, 5.41) is 11.2. The first-order valence-corrected chi connectivity index (χ1v) is 12.9. The van der Waals surface area contributed by atoms with Crippen molar-refractivity contribution < 1.29 is 14.3 Å². The van der Waals surface area contributed by atoms with Crippen LogP contribution >= 0.6 is 11.6 Å². The third-order valence-electron chi connectivity index (χ3n) is 6.07. The molecule has 2 N–H and O–H groups in total. The first-order chi connectivity index (χ1) is 19.0. The Bertz CT molecular complexity index is 1810. The van der Waals surface area contributed by atoms with Crippen LogP contribution in [0.4, 0.5) is 10.6 Å². The van der Waals surface area contributed by atoms with Crippen molar-refractivity contribution in [1.82, 2.24) is 24.5 Å². The van der Waals surface area contributed by atoms with Crippen molar-refractivity contribution in [2.75, 3.05) is 5.32 Å². The molecule has 0 aliphatic rings. The number of aromatic nitrogens is 4. The lowest BCUT2D eigenvalue weighted by Crippen LogP contribution is -2.33. The Kier molecular flexibility index (Phi) is 7.03. The maximum Gasteiger partial charge on any atom is 0.413 e. The lowest BCUT2D eigenvalue weighted by atomic mass is 10.1. The smallest absolute Gasteiger partial charge is 0.413 e. The fourth-order valence-corrected chi connectivity index (χ4v) is 4.69. The number of hydrogen-bond acceptors (Lipinski definition) is 6. The average molecular weight is 559 g/mol. The molecular weight excluding hydrogens is 532 g/mol. The van der Waals surface area contributed by atoms with Gasteiger partial charge in [0.2, 0.25) is 0 Å². The Morgan fingerprint density at radius 1 is 1.05 bits per heavy atom. The van der Waals surface area contributed by atoms with Crippen LogP contribution in [0.15, 0.2) is 77.9 Å². The first kappa shape index (κ1) is 26.9. The molecule has 11 heteroatoms. The zero-order chi connectivity index (χ0) is 28.6. The molecule has 5 rings (SSSR count). The fraction of sp³-hybridized carbons (Fsp3) is 0.207. The van der Waals surface area contributed by atoms with Gasteiger partial charge in [0, 0.05) is 23.8 Å². The molecule has 204 valence electrons. The van der Waals surface area contributed by atoms with E-state index in [1.165, 1.54) is 15.3 Å². The molecule has 0 saturated carbocycles. The zero-order valence-corrected chi connectivity index (χ0v) is 23.1. The third-order valence-corrected chi connectivity index (χ3v) is 6.39. The summed E-state index contributed by atoms with van der Waals surface area (Å²) in [5.74, 6) is -0.561. The number of rotatable bonds is 5. The standard InChI is InChI=1S/C29H27ClN6O4/c1-17(21-16-18-10-8-13-20(30)22(18)27(38)36(21)19-11-6-5-7-12-19)32-26(37)23-24(33-28(39)40-29(2,3)4)34-35-15-9-14-31-25(23)35/h5-17H,1-4H3,(H,32,37)(H,33,34,39). The second-order valence-electron chi connectivity index (χ2n) is 10.2. The second-order valence-corrected chi connectivity index (χ2v) is 10.6. The van der Waals surface area contributed by atoms with Gasteiger partial charge in [0.25, 0.3) is 11.5 Å². The third kappa shape index (κ3) is 5.26. The van der Waals surface area contributed by atoms with E-state index in [4.69, 9.17) is 16.3 Å². The molecule has 3 aromatic heterocycles. The van der Waals surface area contributed by atoms with E-state index < -0.39 is 23.6 Å². The highest BCUT2D eigenvalue weighted by atomic mass is 35.5. The Hall–Kier alpha value is -4.70. The number of nitrogens with zero attached hydrogens (tertiary/aromatic N) is 4. The van der Waals surface area contributed by atoms with Crippen molar-refractivity contribution in [3.63, 3.8) is 0 Å². The molecule has 0 bridgehead atoms. The van der Waals surface area contributed by atoms with E-state index in [9.17, 15) is 14.4 Å². The van der Waals surface area contributed by atoms with Gasteiger partial charge in [-0.1, -0.05) is 41.9 Å². The van der Waals surface area contributed by atoms with Crippen molar-refractivity contribution in [2.24, 2.45) is 0 Å². The predicted molar refractivity (Wildman–Crippen MR) is 153 cm³/mol. The van der Waals surface area contributed by atoms with E-state index in [-0.39, 0.29) is 22.6 Å². The molecule has 40 heavy (non-hydrogen) atoms. The van der Waals surface area contributed by atoms with Gasteiger partial charge in [-0.3, -0.25) is 19.5 Å². The number of pyridine rings is 1. The number of para-hydroxylation sites is 1. The van der Waals surface area contributed by atoms with E-state index in [0.29, 0.717) is 27.2 Å². The summed E-state index contributed by atoms with van der Waals surface area (Å²) in [4.78, 5) is 44.3. The maximum atomic E-state index is 13.7. The Balaban J connectivity index is 1.57. The van der Waals surface area contributed by atoms with Gasteiger partial charge in [-0.25, -0.2) is 14.3 Å². The summed E-state index contributed by atoms with van der Waals surface area (Å²) in [6.07, 6.45) is 2.37. The van der Waals surface area contributed by atoms with Crippen LogP contribution < -0.4 is 16.2 Å². The molecule has 0 fully saturated rings. The van der Waals surface area contributed by atoms with Gasteiger partial charge < -0.3 is 10.1 Å². The number of carbonyl (C=O) groups is 2. The lowest BCUT2D eigenvalue weighted by molar-refractivity contribution is 0.0635. The Morgan fingerprint density at radius 2 is 1.80 bits per heavy atom. The van der Waals surface area contributed by atoms with Crippen LogP contribution in [0, 0.1) is 0 Å². The number of nitrogens with one attached hydrogen (secondary N) is 2. The monoisotopic (exact) mass is 558 g/mol. The molecule has 0 spiro atoms. The highest BCUT2D eigenvalue weighted by Gasteiger charge is 2.27. The molecule has 1 atom stereocenters. The quantitative estimate of drug-likeness (QED) is 0.293. The van der Waals surface area contributed by atoms with Gasteiger partial charge >= 0.3 is 6.09 Å². The van der Waals surface area contributed by atoms with Crippen molar-refractivity contribution in [3.8, 4) is 5.69 Å². The molecular formula is C29H27ClN6O4. The highest BCUT2D eigenvalue weighted by molar-refractivity contribution is 6.35. The normalized spacial score (nSPS) is 12.3. The van der Waals surface area contributed by atoms with E-state index in [0.717, 1.165) is 0 Å². The number of fused-ring (bicyclic) bond motifs is 2. The maximum absolute atomic E-state index is 13.7. The van der Waals surface area contributed by atoms with Crippen LogP contribution in [0.25, 0.3) is 22.1 Å². The van der Waals surface area contributed by atoms with Gasteiger partial charge in [-0.15, -0.1) is 5.10 Å². The van der Waals surface area contributed by atoms with Crippen LogP contribution in [-0.4, -0.2) is 36.8 Å². The van der Waals surface area contributed by atoms with Crippen LogP contribution in [0.1, 0.15) is 49.8 Å². The number of anilines is 1.